The largest absolute Gasteiger partial charge is 0.336 e. The van der Waals surface area contributed by atoms with E-state index in [9.17, 15) is 13.6 Å². The van der Waals surface area contributed by atoms with Crippen LogP contribution in [0.5, 0.6) is 0 Å². The molecule has 2 rings (SSSR count). The predicted octanol–water partition coefficient (Wildman–Crippen LogP) is 2.70. The van der Waals surface area contributed by atoms with E-state index in [1.54, 1.807) is 4.90 Å². The van der Waals surface area contributed by atoms with Crippen LogP contribution in [0, 0.1) is 11.6 Å². The Morgan fingerprint density at radius 1 is 1.20 bits per heavy atom. The highest BCUT2D eigenvalue weighted by Gasteiger charge is 2.27. The SMILES string of the molecule is NCCCN(C(=O)c1cc(F)cc(F)c1)C1CCCC1. The van der Waals surface area contributed by atoms with E-state index in [1.807, 2.05) is 0 Å². The maximum absolute atomic E-state index is 13.3. The van der Waals surface area contributed by atoms with Gasteiger partial charge in [-0.15, -0.1) is 0 Å². The van der Waals surface area contributed by atoms with E-state index >= 15 is 0 Å². The number of halogens is 2. The van der Waals surface area contributed by atoms with Gasteiger partial charge in [0.15, 0.2) is 0 Å². The molecular weight excluding hydrogens is 262 g/mol. The van der Waals surface area contributed by atoms with E-state index in [0.29, 0.717) is 19.5 Å². The quantitative estimate of drug-likeness (QED) is 0.902. The monoisotopic (exact) mass is 282 g/mol. The summed E-state index contributed by atoms with van der Waals surface area (Å²) in [6.07, 6.45) is 4.78. The summed E-state index contributed by atoms with van der Waals surface area (Å²) in [7, 11) is 0. The first-order valence-electron chi connectivity index (χ1n) is 7.09. The molecule has 20 heavy (non-hydrogen) atoms. The van der Waals surface area contributed by atoms with Crippen LogP contribution < -0.4 is 5.73 Å². The molecule has 0 aromatic heterocycles. The number of rotatable bonds is 5. The first-order chi connectivity index (χ1) is 9.61. The van der Waals surface area contributed by atoms with Crippen molar-refractivity contribution in [3.8, 4) is 0 Å². The summed E-state index contributed by atoms with van der Waals surface area (Å²) in [5.41, 5.74) is 5.58. The van der Waals surface area contributed by atoms with Crippen molar-refractivity contribution in [1.29, 1.82) is 0 Å². The number of nitrogens with zero attached hydrogens (tertiary/aromatic N) is 1. The Morgan fingerprint density at radius 2 is 1.80 bits per heavy atom. The minimum absolute atomic E-state index is 0.0754. The number of nitrogens with two attached hydrogens (primary N) is 1. The van der Waals surface area contributed by atoms with E-state index in [4.69, 9.17) is 5.73 Å². The molecule has 1 amide bonds. The highest BCUT2D eigenvalue weighted by atomic mass is 19.1. The first kappa shape index (κ1) is 14.9. The van der Waals surface area contributed by atoms with Crippen LogP contribution in [0.15, 0.2) is 18.2 Å². The van der Waals surface area contributed by atoms with Gasteiger partial charge in [-0.25, -0.2) is 8.78 Å². The summed E-state index contributed by atoms with van der Waals surface area (Å²) >= 11 is 0. The van der Waals surface area contributed by atoms with Crippen LogP contribution in [0.1, 0.15) is 42.5 Å². The molecule has 1 saturated carbocycles. The second-order valence-electron chi connectivity index (χ2n) is 5.24. The second-order valence-corrected chi connectivity index (χ2v) is 5.24. The van der Waals surface area contributed by atoms with Crippen LogP contribution in [-0.2, 0) is 0 Å². The van der Waals surface area contributed by atoms with Gasteiger partial charge in [-0.05, 0) is 37.9 Å². The lowest BCUT2D eigenvalue weighted by atomic mass is 10.1. The molecule has 110 valence electrons. The third kappa shape index (κ3) is 3.54. The van der Waals surface area contributed by atoms with Crippen molar-refractivity contribution in [2.75, 3.05) is 13.1 Å². The molecule has 0 bridgehead atoms. The molecule has 0 spiro atoms. The van der Waals surface area contributed by atoms with Gasteiger partial charge in [0.25, 0.3) is 5.91 Å². The van der Waals surface area contributed by atoms with Gasteiger partial charge in [-0.2, -0.15) is 0 Å². The van der Waals surface area contributed by atoms with Crippen LogP contribution in [0.4, 0.5) is 8.78 Å². The molecule has 1 aromatic rings. The van der Waals surface area contributed by atoms with E-state index in [2.05, 4.69) is 0 Å². The van der Waals surface area contributed by atoms with Gasteiger partial charge in [0.2, 0.25) is 0 Å². The summed E-state index contributed by atoms with van der Waals surface area (Å²) < 4.78 is 26.5. The number of hydrogen-bond acceptors (Lipinski definition) is 2. The zero-order valence-corrected chi connectivity index (χ0v) is 11.4. The molecule has 0 atom stereocenters. The first-order valence-corrected chi connectivity index (χ1v) is 7.09. The Labute approximate surface area is 117 Å². The fraction of sp³-hybridized carbons (Fsp3) is 0.533. The van der Waals surface area contributed by atoms with Gasteiger partial charge in [0, 0.05) is 24.2 Å². The third-order valence-corrected chi connectivity index (χ3v) is 3.74. The van der Waals surface area contributed by atoms with Crippen molar-refractivity contribution >= 4 is 5.91 Å². The Hall–Kier alpha value is -1.49. The number of hydrogen-bond donors (Lipinski definition) is 1. The molecule has 2 N–H and O–H groups in total. The van der Waals surface area contributed by atoms with Gasteiger partial charge < -0.3 is 10.6 Å². The van der Waals surface area contributed by atoms with Gasteiger partial charge in [0.1, 0.15) is 11.6 Å². The zero-order valence-electron chi connectivity index (χ0n) is 11.4. The third-order valence-electron chi connectivity index (χ3n) is 3.74. The lowest BCUT2D eigenvalue weighted by Gasteiger charge is -2.29. The van der Waals surface area contributed by atoms with E-state index in [1.165, 1.54) is 0 Å². The van der Waals surface area contributed by atoms with Crippen molar-refractivity contribution in [3.05, 3.63) is 35.4 Å². The van der Waals surface area contributed by atoms with Crippen molar-refractivity contribution < 1.29 is 13.6 Å². The number of benzene rings is 1. The molecule has 1 fully saturated rings. The molecule has 5 heteroatoms. The number of amides is 1. The highest BCUT2D eigenvalue weighted by Crippen LogP contribution is 2.25. The Morgan fingerprint density at radius 3 is 2.35 bits per heavy atom. The molecule has 0 radical (unpaired) electrons. The summed E-state index contributed by atoms with van der Waals surface area (Å²) in [4.78, 5) is 14.2. The van der Waals surface area contributed by atoms with Crippen LogP contribution in [0.3, 0.4) is 0 Å². The lowest BCUT2D eigenvalue weighted by Crippen LogP contribution is -2.40. The number of carbonyl (C=O) groups is 1. The minimum Gasteiger partial charge on any atom is -0.336 e. The van der Waals surface area contributed by atoms with Crippen LogP contribution in [0.25, 0.3) is 0 Å². The topological polar surface area (TPSA) is 46.3 Å². The van der Waals surface area contributed by atoms with Crippen molar-refractivity contribution in [1.82, 2.24) is 4.90 Å². The fourth-order valence-corrected chi connectivity index (χ4v) is 2.77. The Bertz CT molecular complexity index is 453. The van der Waals surface area contributed by atoms with Gasteiger partial charge in [-0.3, -0.25) is 4.79 Å². The average Bonchev–Trinajstić information content (AvgIpc) is 2.91. The van der Waals surface area contributed by atoms with E-state index < -0.39 is 11.6 Å². The van der Waals surface area contributed by atoms with Gasteiger partial charge >= 0.3 is 0 Å². The maximum atomic E-state index is 13.3. The maximum Gasteiger partial charge on any atom is 0.254 e. The molecule has 0 unspecified atom stereocenters. The van der Waals surface area contributed by atoms with Crippen LogP contribution in [0.2, 0.25) is 0 Å². The van der Waals surface area contributed by atoms with E-state index in [0.717, 1.165) is 43.9 Å². The molecule has 0 aliphatic heterocycles. The summed E-state index contributed by atoms with van der Waals surface area (Å²) in [6, 6.07) is 3.13. The second kappa shape index (κ2) is 6.79. The van der Waals surface area contributed by atoms with Crippen molar-refractivity contribution in [3.63, 3.8) is 0 Å². The van der Waals surface area contributed by atoms with E-state index in [-0.39, 0.29) is 17.5 Å². The highest BCUT2D eigenvalue weighted by molar-refractivity contribution is 5.94. The summed E-state index contributed by atoms with van der Waals surface area (Å²) in [5.74, 6) is -1.75. The van der Waals surface area contributed by atoms with Crippen LogP contribution in [-0.4, -0.2) is 29.9 Å². The average molecular weight is 282 g/mol. The fourth-order valence-electron chi connectivity index (χ4n) is 2.77. The standard InChI is InChI=1S/C15H20F2N2O/c16-12-8-11(9-13(17)10-12)15(20)19(7-3-6-18)14-4-1-2-5-14/h8-10,14H,1-7,18H2. The normalized spacial score (nSPS) is 15.6. The molecule has 1 aliphatic rings. The smallest absolute Gasteiger partial charge is 0.254 e. The van der Waals surface area contributed by atoms with Crippen molar-refractivity contribution in [2.24, 2.45) is 5.73 Å². The molecule has 3 nitrogen and oxygen atoms in total. The summed E-state index contributed by atoms with van der Waals surface area (Å²) in [5, 5.41) is 0. The zero-order chi connectivity index (χ0) is 14.5. The summed E-state index contributed by atoms with van der Waals surface area (Å²) in [6.45, 7) is 1.03. The van der Waals surface area contributed by atoms with Crippen LogP contribution >= 0.6 is 0 Å². The minimum atomic E-state index is -0.724. The van der Waals surface area contributed by atoms with Crippen molar-refractivity contribution in [2.45, 2.75) is 38.1 Å². The van der Waals surface area contributed by atoms with Gasteiger partial charge in [0.05, 0.1) is 0 Å². The van der Waals surface area contributed by atoms with Gasteiger partial charge in [-0.1, -0.05) is 12.8 Å². The molecule has 0 saturated heterocycles. The molecule has 0 heterocycles. The number of carbonyl (C=O) groups excluding carboxylic acids is 1. The Balaban J connectivity index is 2.19. The molecular formula is C15H20F2N2O. The lowest BCUT2D eigenvalue weighted by molar-refractivity contribution is 0.0679. The Kier molecular flexibility index (Phi) is 5.06. The predicted molar refractivity (Wildman–Crippen MR) is 73.3 cm³/mol. The molecule has 1 aromatic carbocycles. The molecule has 1 aliphatic carbocycles.